The minimum absolute atomic E-state index is 0.409. The Morgan fingerprint density at radius 3 is 2.63 bits per heavy atom. The van der Waals surface area contributed by atoms with E-state index in [2.05, 4.69) is 44.3 Å². The minimum Gasteiger partial charge on any atom is -0.376 e. The number of hydrogen-bond donors (Lipinski definition) is 1. The highest BCUT2D eigenvalue weighted by Gasteiger charge is 2.40. The highest BCUT2D eigenvalue weighted by atomic mass is 16.5. The van der Waals surface area contributed by atoms with Crippen LogP contribution in [0.15, 0.2) is 18.2 Å². The van der Waals surface area contributed by atoms with Crippen molar-refractivity contribution >= 4 is 0 Å². The Kier molecular flexibility index (Phi) is 3.64. The van der Waals surface area contributed by atoms with Gasteiger partial charge in [-0.05, 0) is 62.6 Å². The molecular weight excluding hydrogens is 234 g/mol. The van der Waals surface area contributed by atoms with Crippen LogP contribution >= 0.6 is 0 Å². The minimum atomic E-state index is 0.409. The fourth-order valence-electron chi connectivity index (χ4n) is 3.13. The van der Waals surface area contributed by atoms with Crippen molar-refractivity contribution in [2.45, 2.75) is 58.2 Å². The molecule has 1 aliphatic carbocycles. The molecule has 1 heterocycles. The molecular formula is C17H25NO. The Morgan fingerprint density at radius 1 is 1.16 bits per heavy atom. The molecule has 0 radical (unpaired) electrons. The van der Waals surface area contributed by atoms with Crippen LogP contribution in [0.3, 0.4) is 0 Å². The molecule has 3 atom stereocenters. The van der Waals surface area contributed by atoms with Crippen LogP contribution in [-0.2, 0) is 4.74 Å². The Balaban J connectivity index is 1.66. The van der Waals surface area contributed by atoms with E-state index in [1.807, 2.05) is 0 Å². The SMILES string of the molecule is Cc1ccc(C(C)NC2CCOC2C2CC2)cc1C. The molecule has 1 saturated heterocycles. The predicted molar refractivity (Wildman–Crippen MR) is 78.3 cm³/mol. The molecule has 19 heavy (non-hydrogen) atoms. The average Bonchev–Trinajstić information content (AvgIpc) is 3.13. The summed E-state index contributed by atoms with van der Waals surface area (Å²) < 4.78 is 5.91. The van der Waals surface area contributed by atoms with E-state index in [-0.39, 0.29) is 0 Å². The topological polar surface area (TPSA) is 21.3 Å². The van der Waals surface area contributed by atoms with E-state index >= 15 is 0 Å². The molecule has 0 aromatic heterocycles. The number of ether oxygens (including phenoxy) is 1. The first-order chi connectivity index (χ1) is 9.15. The van der Waals surface area contributed by atoms with Gasteiger partial charge in [0.05, 0.1) is 6.10 Å². The summed E-state index contributed by atoms with van der Waals surface area (Å²) in [6, 6.07) is 7.75. The summed E-state index contributed by atoms with van der Waals surface area (Å²) in [5, 5.41) is 3.79. The lowest BCUT2D eigenvalue weighted by Crippen LogP contribution is -2.39. The van der Waals surface area contributed by atoms with Gasteiger partial charge in [-0.2, -0.15) is 0 Å². The quantitative estimate of drug-likeness (QED) is 0.893. The van der Waals surface area contributed by atoms with Gasteiger partial charge in [0.2, 0.25) is 0 Å². The molecule has 2 heteroatoms. The van der Waals surface area contributed by atoms with Crippen LogP contribution in [-0.4, -0.2) is 18.8 Å². The first-order valence-electron chi connectivity index (χ1n) is 7.60. The van der Waals surface area contributed by atoms with Crippen molar-refractivity contribution in [3.63, 3.8) is 0 Å². The second kappa shape index (κ2) is 5.26. The molecule has 104 valence electrons. The number of aryl methyl sites for hydroxylation is 2. The zero-order chi connectivity index (χ0) is 13.4. The molecule has 2 aliphatic rings. The second-order valence-electron chi connectivity index (χ2n) is 6.30. The van der Waals surface area contributed by atoms with Gasteiger partial charge in [0, 0.05) is 18.7 Å². The molecule has 2 fully saturated rings. The molecule has 2 nitrogen and oxygen atoms in total. The first-order valence-corrected chi connectivity index (χ1v) is 7.60. The van der Waals surface area contributed by atoms with Crippen LogP contribution in [0.2, 0.25) is 0 Å². The third-order valence-corrected chi connectivity index (χ3v) is 4.72. The van der Waals surface area contributed by atoms with Crippen LogP contribution in [0.5, 0.6) is 0 Å². The van der Waals surface area contributed by atoms with Crippen molar-refractivity contribution in [2.75, 3.05) is 6.61 Å². The van der Waals surface area contributed by atoms with E-state index in [4.69, 9.17) is 4.74 Å². The number of nitrogens with one attached hydrogen (secondary N) is 1. The zero-order valence-electron chi connectivity index (χ0n) is 12.3. The van der Waals surface area contributed by atoms with Gasteiger partial charge in [-0.25, -0.2) is 0 Å². The molecule has 1 aromatic rings. The Bertz CT molecular complexity index is 453. The maximum atomic E-state index is 5.91. The molecule has 1 aliphatic heterocycles. The molecule has 3 rings (SSSR count). The molecule has 1 aromatic carbocycles. The summed E-state index contributed by atoms with van der Waals surface area (Å²) in [6.07, 6.45) is 4.35. The van der Waals surface area contributed by atoms with Crippen LogP contribution < -0.4 is 5.32 Å². The average molecular weight is 259 g/mol. The predicted octanol–water partition coefficient (Wildman–Crippen LogP) is 3.52. The lowest BCUT2D eigenvalue weighted by atomic mass is 9.99. The highest BCUT2D eigenvalue weighted by Crippen LogP contribution is 2.39. The summed E-state index contributed by atoms with van der Waals surface area (Å²) in [6.45, 7) is 7.56. The summed E-state index contributed by atoms with van der Waals surface area (Å²) in [5.74, 6) is 0.826. The maximum Gasteiger partial charge on any atom is 0.0757 e. The van der Waals surface area contributed by atoms with Gasteiger partial charge in [-0.3, -0.25) is 0 Å². The van der Waals surface area contributed by atoms with Crippen LogP contribution in [0.1, 0.15) is 48.9 Å². The van der Waals surface area contributed by atoms with Gasteiger partial charge >= 0.3 is 0 Å². The maximum absolute atomic E-state index is 5.91. The Morgan fingerprint density at radius 2 is 1.95 bits per heavy atom. The largest absolute Gasteiger partial charge is 0.376 e. The summed E-state index contributed by atoms with van der Waals surface area (Å²) in [4.78, 5) is 0. The van der Waals surface area contributed by atoms with E-state index < -0.39 is 0 Å². The summed E-state index contributed by atoms with van der Waals surface area (Å²) >= 11 is 0. The molecule has 1 N–H and O–H groups in total. The van der Waals surface area contributed by atoms with Gasteiger partial charge in [0.15, 0.2) is 0 Å². The fourth-order valence-corrected chi connectivity index (χ4v) is 3.13. The monoisotopic (exact) mass is 259 g/mol. The zero-order valence-corrected chi connectivity index (χ0v) is 12.3. The highest BCUT2D eigenvalue weighted by molar-refractivity contribution is 5.31. The summed E-state index contributed by atoms with van der Waals surface area (Å²) in [7, 11) is 0. The van der Waals surface area contributed by atoms with Crippen LogP contribution in [0.25, 0.3) is 0 Å². The number of rotatable bonds is 4. The third kappa shape index (κ3) is 2.85. The fraction of sp³-hybridized carbons (Fsp3) is 0.647. The third-order valence-electron chi connectivity index (χ3n) is 4.72. The second-order valence-corrected chi connectivity index (χ2v) is 6.30. The molecule has 3 unspecified atom stereocenters. The van der Waals surface area contributed by atoms with Gasteiger partial charge in [0.1, 0.15) is 0 Å². The summed E-state index contributed by atoms with van der Waals surface area (Å²) in [5.41, 5.74) is 4.15. The van der Waals surface area contributed by atoms with Crippen LogP contribution in [0.4, 0.5) is 0 Å². The molecule has 0 bridgehead atoms. The smallest absolute Gasteiger partial charge is 0.0757 e. The van der Waals surface area contributed by atoms with Crippen molar-refractivity contribution in [3.05, 3.63) is 34.9 Å². The van der Waals surface area contributed by atoms with Crippen molar-refractivity contribution in [1.82, 2.24) is 5.32 Å². The van der Waals surface area contributed by atoms with Gasteiger partial charge in [-0.15, -0.1) is 0 Å². The van der Waals surface area contributed by atoms with E-state index in [0.717, 1.165) is 18.9 Å². The molecule has 1 saturated carbocycles. The Labute approximate surface area is 116 Å². The first kappa shape index (κ1) is 13.1. The van der Waals surface area contributed by atoms with Gasteiger partial charge in [-0.1, -0.05) is 18.2 Å². The van der Waals surface area contributed by atoms with E-state index in [1.54, 1.807) is 0 Å². The van der Waals surface area contributed by atoms with Crippen molar-refractivity contribution in [1.29, 1.82) is 0 Å². The van der Waals surface area contributed by atoms with E-state index in [1.165, 1.54) is 29.5 Å². The van der Waals surface area contributed by atoms with E-state index in [0.29, 0.717) is 18.2 Å². The van der Waals surface area contributed by atoms with Crippen molar-refractivity contribution in [2.24, 2.45) is 5.92 Å². The van der Waals surface area contributed by atoms with Crippen molar-refractivity contribution < 1.29 is 4.74 Å². The van der Waals surface area contributed by atoms with Gasteiger partial charge in [0.25, 0.3) is 0 Å². The number of hydrogen-bond acceptors (Lipinski definition) is 2. The van der Waals surface area contributed by atoms with E-state index in [9.17, 15) is 0 Å². The normalized spacial score (nSPS) is 28.6. The van der Waals surface area contributed by atoms with Crippen molar-refractivity contribution in [3.8, 4) is 0 Å². The van der Waals surface area contributed by atoms with Crippen LogP contribution in [0, 0.1) is 19.8 Å². The standard InChI is InChI=1S/C17H25NO/c1-11-4-5-15(10-12(11)2)13(3)18-16-8-9-19-17(16)14-6-7-14/h4-5,10,13-14,16-18H,6-9H2,1-3H3. The molecule has 0 amide bonds. The number of benzene rings is 1. The Hall–Kier alpha value is -0.860. The lowest BCUT2D eigenvalue weighted by Gasteiger charge is -2.24. The molecule has 0 spiro atoms. The lowest BCUT2D eigenvalue weighted by molar-refractivity contribution is 0.0793. The van der Waals surface area contributed by atoms with Gasteiger partial charge < -0.3 is 10.1 Å².